The molecule has 0 radical (unpaired) electrons. The van der Waals surface area contributed by atoms with Crippen molar-refractivity contribution in [1.82, 2.24) is 9.80 Å². The van der Waals surface area contributed by atoms with Crippen LogP contribution in [0.25, 0.3) is 10.8 Å². The number of hydrogen-bond donors (Lipinski definition) is 0. The molecule has 0 unspecified atom stereocenters. The fraction of sp³-hybridized carbons (Fsp3) is 0.133. The van der Waals surface area contributed by atoms with E-state index in [0.29, 0.717) is 21.4 Å². The Morgan fingerprint density at radius 3 is 1.95 bits per heavy atom. The van der Waals surface area contributed by atoms with Gasteiger partial charge in [0.15, 0.2) is 5.54 Å². The summed E-state index contributed by atoms with van der Waals surface area (Å²) in [6.07, 6.45) is 0. The third kappa shape index (κ3) is 3.85. The topological polar surface area (TPSA) is 84.0 Å². The molecule has 0 bridgehead atoms. The smallest absolute Gasteiger partial charge is 0.335 e. The molecule has 0 atom stereocenters. The van der Waals surface area contributed by atoms with Gasteiger partial charge in [0.2, 0.25) is 0 Å². The molecular weight excluding hydrogens is 468 g/mol. The standard InChI is InChI=1S/C30H24N2O5/c1-2-37-26(33)20-31-29(36)32(27(34)25-19-11-13-21-12-9-10-18-24(21)25)28(35)30(31,22-14-5-3-6-15-22)23-16-7-4-8-17-23/h3-19H,2,20H2,1H3. The number of benzene rings is 4. The van der Waals surface area contributed by atoms with Crippen molar-refractivity contribution in [2.45, 2.75) is 12.5 Å². The van der Waals surface area contributed by atoms with Crippen LogP contribution in [0.4, 0.5) is 4.79 Å². The molecule has 4 amide bonds. The first-order valence-corrected chi connectivity index (χ1v) is 11.9. The van der Waals surface area contributed by atoms with Crippen molar-refractivity contribution in [3.63, 3.8) is 0 Å². The zero-order valence-electron chi connectivity index (χ0n) is 20.2. The van der Waals surface area contributed by atoms with Gasteiger partial charge in [-0.25, -0.2) is 4.79 Å². The van der Waals surface area contributed by atoms with Gasteiger partial charge in [-0.15, -0.1) is 0 Å². The molecule has 0 spiro atoms. The van der Waals surface area contributed by atoms with Crippen molar-refractivity contribution in [3.8, 4) is 0 Å². The van der Waals surface area contributed by atoms with E-state index in [1.165, 1.54) is 0 Å². The van der Waals surface area contributed by atoms with E-state index in [1.54, 1.807) is 91.9 Å². The van der Waals surface area contributed by atoms with Crippen LogP contribution in [0.2, 0.25) is 0 Å². The first kappa shape index (κ1) is 23.9. The highest BCUT2D eigenvalue weighted by molar-refractivity contribution is 6.25. The average molecular weight is 493 g/mol. The molecule has 0 aliphatic carbocycles. The second-order valence-corrected chi connectivity index (χ2v) is 8.59. The van der Waals surface area contributed by atoms with Crippen LogP contribution in [0.15, 0.2) is 103 Å². The normalized spacial score (nSPS) is 14.7. The summed E-state index contributed by atoms with van der Waals surface area (Å²) < 4.78 is 5.14. The average Bonchev–Trinajstić information content (AvgIpc) is 3.15. The summed E-state index contributed by atoms with van der Waals surface area (Å²) in [4.78, 5) is 56.8. The lowest BCUT2D eigenvalue weighted by molar-refractivity contribution is -0.144. The summed E-state index contributed by atoms with van der Waals surface area (Å²) >= 11 is 0. The van der Waals surface area contributed by atoms with Gasteiger partial charge >= 0.3 is 12.0 Å². The predicted octanol–water partition coefficient (Wildman–Crippen LogP) is 4.75. The molecular formula is C30H24N2O5. The van der Waals surface area contributed by atoms with Crippen LogP contribution in [-0.2, 0) is 19.9 Å². The molecule has 0 aromatic heterocycles. The van der Waals surface area contributed by atoms with E-state index in [-0.39, 0.29) is 12.2 Å². The molecule has 1 fully saturated rings. The molecule has 4 aromatic carbocycles. The van der Waals surface area contributed by atoms with E-state index in [0.717, 1.165) is 10.3 Å². The summed E-state index contributed by atoms with van der Waals surface area (Å²) in [5.41, 5.74) is -0.617. The van der Waals surface area contributed by atoms with E-state index in [9.17, 15) is 19.2 Å². The molecule has 1 aliphatic heterocycles. The lowest BCUT2D eigenvalue weighted by atomic mass is 9.81. The van der Waals surface area contributed by atoms with Crippen molar-refractivity contribution in [2.75, 3.05) is 13.2 Å². The monoisotopic (exact) mass is 492 g/mol. The Morgan fingerprint density at radius 1 is 0.757 bits per heavy atom. The number of ether oxygens (including phenoxy) is 1. The Labute approximate surface area is 213 Å². The number of esters is 1. The highest BCUT2D eigenvalue weighted by atomic mass is 16.5. The molecule has 1 saturated heterocycles. The van der Waals surface area contributed by atoms with Gasteiger partial charge in [-0.1, -0.05) is 97.1 Å². The fourth-order valence-corrected chi connectivity index (χ4v) is 4.95. The number of imide groups is 3. The third-order valence-corrected chi connectivity index (χ3v) is 6.54. The Bertz CT molecular complexity index is 1460. The Hall–Kier alpha value is -4.78. The highest BCUT2D eigenvalue weighted by Gasteiger charge is 2.62. The minimum Gasteiger partial charge on any atom is -0.465 e. The molecule has 184 valence electrons. The Kier molecular flexibility index (Phi) is 6.27. The maximum absolute atomic E-state index is 14.4. The molecule has 0 N–H and O–H groups in total. The highest BCUT2D eigenvalue weighted by Crippen LogP contribution is 2.44. The molecule has 0 saturated carbocycles. The van der Waals surface area contributed by atoms with Crippen molar-refractivity contribution >= 4 is 34.6 Å². The maximum atomic E-state index is 14.4. The third-order valence-electron chi connectivity index (χ3n) is 6.54. The number of fused-ring (bicyclic) bond motifs is 1. The van der Waals surface area contributed by atoms with E-state index >= 15 is 0 Å². The van der Waals surface area contributed by atoms with Crippen LogP contribution in [0.5, 0.6) is 0 Å². The number of urea groups is 1. The molecule has 7 nitrogen and oxygen atoms in total. The quantitative estimate of drug-likeness (QED) is 0.220. The molecule has 7 heteroatoms. The molecule has 1 heterocycles. The maximum Gasteiger partial charge on any atom is 0.335 e. The number of rotatable bonds is 6. The Morgan fingerprint density at radius 2 is 1.32 bits per heavy atom. The van der Waals surface area contributed by atoms with Gasteiger partial charge in [-0.3, -0.25) is 19.3 Å². The molecule has 1 aliphatic rings. The summed E-state index contributed by atoms with van der Waals surface area (Å²) in [7, 11) is 0. The molecule has 4 aromatic rings. The van der Waals surface area contributed by atoms with Gasteiger partial charge < -0.3 is 4.74 Å². The number of carbonyl (C=O) groups excluding carboxylic acids is 4. The summed E-state index contributed by atoms with van der Waals surface area (Å²) in [5.74, 6) is -2.19. The Balaban J connectivity index is 1.73. The van der Waals surface area contributed by atoms with Crippen LogP contribution >= 0.6 is 0 Å². The van der Waals surface area contributed by atoms with Crippen molar-refractivity contribution < 1.29 is 23.9 Å². The summed E-state index contributed by atoms with van der Waals surface area (Å²) in [6.45, 7) is 1.26. The van der Waals surface area contributed by atoms with Crippen LogP contribution < -0.4 is 0 Å². The first-order valence-electron chi connectivity index (χ1n) is 11.9. The van der Waals surface area contributed by atoms with Crippen molar-refractivity contribution in [3.05, 3.63) is 120 Å². The molecule has 37 heavy (non-hydrogen) atoms. The number of nitrogens with zero attached hydrogens (tertiary/aromatic N) is 2. The predicted molar refractivity (Wildman–Crippen MR) is 138 cm³/mol. The van der Waals surface area contributed by atoms with Gasteiger partial charge in [-0.2, -0.15) is 4.90 Å². The van der Waals surface area contributed by atoms with Crippen LogP contribution in [0.1, 0.15) is 28.4 Å². The first-order chi connectivity index (χ1) is 18.0. The summed E-state index contributed by atoms with van der Waals surface area (Å²) in [5, 5.41) is 1.41. The van der Waals surface area contributed by atoms with E-state index in [1.807, 2.05) is 18.2 Å². The second-order valence-electron chi connectivity index (χ2n) is 8.59. The van der Waals surface area contributed by atoms with Gasteiger partial charge in [0.25, 0.3) is 11.8 Å². The van der Waals surface area contributed by atoms with Crippen molar-refractivity contribution in [2.24, 2.45) is 0 Å². The number of hydrogen-bond acceptors (Lipinski definition) is 5. The zero-order chi connectivity index (χ0) is 26.0. The van der Waals surface area contributed by atoms with Gasteiger partial charge in [0.05, 0.1) is 6.61 Å². The summed E-state index contributed by atoms with van der Waals surface area (Å²) in [6, 6.07) is 28.9. The van der Waals surface area contributed by atoms with Gasteiger partial charge in [-0.05, 0) is 34.9 Å². The lowest BCUT2D eigenvalue weighted by Gasteiger charge is -2.35. The minimum absolute atomic E-state index is 0.108. The largest absolute Gasteiger partial charge is 0.465 e. The van der Waals surface area contributed by atoms with Gasteiger partial charge in [0, 0.05) is 5.56 Å². The zero-order valence-corrected chi connectivity index (χ0v) is 20.2. The van der Waals surface area contributed by atoms with E-state index in [4.69, 9.17) is 4.74 Å². The lowest BCUT2D eigenvalue weighted by Crippen LogP contribution is -2.50. The van der Waals surface area contributed by atoms with Crippen LogP contribution in [-0.4, -0.2) is 46.8 Å². The van der Waals surface area contributed by atoms with E-state index < -0.39 is 35.9 Å². The number of carbonyl (C=O) groups is 4. The van der Waals surface area contributed by atoms with Crippen molar-refractivity contribution in [1.29, 1.82) is 0 Å². The van der Waals surface area contributed by atoms with Crippen LogP contribution in [0.3, 0.4) is 0 Å². The SMILES string of the molecule is CCOC(=O)CN1C(=O)N(C(=O)c2cccc3ccccc23)C(=O)C1(c1ccccc1)c1ccccc1. The number of amides is 4. The van der Waals surface area contributed by atoms with E-state index in [2.05, 4.69) is 0 Å². The van der Waals surface area contributed by atoms with Gasteiger partial charge in [0.1, 0.15) is 6.54 Å². The van der Waals surface area contributed by atoms with Crippen LogP contribution in [0, 0.1) is 0 Å². The fourth-order valence-electron chi connectivity index (χ4n) is 4.95. The second kappa shape index (κ2) is 9.70. The minimum atomic E-state index is -1.74. The molecule has 5 rings (SSSR count).